The molecule has 13 heteroatoms. The predicted octanol–water partition coefficient (Wildman–Crippen LogP) is 0.937. The number of nitrogens with one attached hydrogen (secondary N) is 1. The molecular formula is C15H17F3N3O6P. The van der Waals surface area contributed by atoms with Crippen molar-refractivity contribution in [3.05, 3.63) is 38.4 Å². The third kappa shape index (κ3) is 4.14. The van der Waals surface area contributed by atoms with E-state index in [2.05, 4.69) is 4.98 Å². The number of alkyl halides is 3. The molecule has 0 aliphatic carbocycles. The molecule has 0 saturated carbocycles. The van der Waals surface area contributed by atoms with Crippen LogP contribution >= 0.6 is 7.60 Å². The third-order valence-corrected chi connectivity index (χ3v) is 4.97. The molecule has 1 saturated heterocycles. The minimum absolute atomic E-state index is 0.0366. The molecule has 3 N–H and O–H groups in total. The van der Waals surface area contributed by atoms with Crippen molar-refractivity contribution in [2.24, 2.45) is 0 Å². The van der Waals surface area contributed by atoms with Crippen molar-refractivity contribution in [2.45, 2.75) is 18.9 Å². The average Bonchev–Trinajstić information content (AvgIpc) is 2.63. The fourth-order valence-corrected chi connectivity index (χ4v) is 3.73. The maximum atomic E-state index is 14.3. The summed E-state index contributed by atoms with van der Waals surface area (Å²) in [6, 6.07) is 2.14. The van der Waals surface area contributed by atoms with Gasteiger partial charge < -0.3 is 24.4 Å². The normalized spacial score (nSPS) is 16.7. The zero-order chi connectivity index (χ0) is 20.6. The van der Waals surface area contributed by atoms with Crippen molar-refractivity contribution in [1.82, 2.24) is 9.55 Å². The molecule has 1 fully saturated rings. The van der Waals surface area contributed by atoms with Gasteiger partial charge in [-0.25, -0.2) is 13.2 Å². The van der Waals surface area contributed by atoms with Gasteiger partial charge in [0.05, 0.1) is 24.2 Å². The Morgan fingerprint density at radius 3 is 2.39 bits per heavy atom. The van der Waals surface area contributed by atoms with Crippen molar-refractivity contribution < 1.29 is 32.3 Å². The highest BCUT2D eigenvalue weighted by atomic mass is 31.2. The predicted molar refractivity (Wildman–Crippen MR) is 93.8 cm³/mol. The van der Waals surface area contributed by atoms with E-state index in [-0.39, 0.29) is 43.0 Å². The number of hydrogen-bond acceptors (Lipinski definition) is 5. The van der Waals surface area contributed by atoms with Crippen molar-refractivity contribution in [3.63, 3.8) is 0 Å². The number of H-pyrrole nitrogens is 1. The second kappa shape index (κ2) is 7.70. The second-order valence-corrected chi connectivity index (χ2v) is 7.87. The standard InChI is InChI=1S/C15H17F3N3O6P/c16-12(13(17)18)8-5-9-11(6-10(8)20-1-3-27-4-2-20)21(7-28(24,25)26)15(23)14(22)19-9/h5-6,12-13H,1-4,7H2,(H,19,22)(H2,24,25,26). The first kappa shape index (κ1) is 20.6. The smallest absolute Gasteiger partial charge is 0.345 e. The Morgan fingerprint density at radius 1 is 1.18 bits per heavy atom. The van der Waals surface area contributed by atoms with Crippen LogP contribution in [0.1, 0.15) is 11.7 Å². The van der Waals surface area contributed by atoms with Gasteiger partial charge in [0.25, 0.3) is 6.43 Å². The lowest BCUT2D eigenvalue weighted by atomic mass is 10.0. The molecule has 1 aliphatic rings. The minimum atomic E-state index is -4.75. The molecule has 1 unspecified atom stereocenters. The van der Waals surface area contributed by atoms with Gasteiger partial charge in [-0.05, 0) is 12.1 Å². The zero-order valence-electron chi connectivity index (χ0n) is 14.3. The van der Waals surface area contributed by atoms with Crippen LogP contribution in [0.25, 0.3) is 11.0 Å². The van der Waals surface area contributed by atoms with Crippen LogP contribution in [0, 0.1) is 0 Å². The first-order chi connectivity index (χ1) is 13.1. The van der Waals surface area contributed by atoms with Gasteiger partial charge in [0.2, 0.25) is 0 Å². The topological polar surface area (TPSA) is 125 Å². The number of anilines is 1. The molecule has 0 bridgehead atoms. The maximum absolute atomic E-state index is 14.3. The number of rotatable bonds is 5. The van der Waals surface area contributed by atoms with Crippen molar-refractivity contribution in [3.8, 4) is 0 Å². The van der Waals surface area contributed by atoms with E-state index in [0.29, 0.717) is 4.57 Å². The molecule has 154 valence electrons. The molecule has 2 aromatic rings. The number of aromatic nitrogens is 2. The third-order valence-electron chi connectivity index (χ3n) is 4.32. The lowest BCUT2D eigenvalue weighted by molar-refractivity contribution is 0.0496. The summed E-state index contributed by atoms with van der Waals surface area (Å²) in [5, 5.41) is 0. The van der Waals surface area contributed by atoms with E-state index in [9.17, 15) is 37.1 Å². The second-order valence-electron chi connectivity index (χ2n) is 6.26. The molecule has 1 aromatic carbocycles. The van der Waals surface area contributed by atoms with E-state index in [0.717, 1.165) is 6.07 Å². The maximum Gasteiger partial charge on any atom is 0.345 e. The fourth-order valence-electron chi connectivity index (χ4n) is 3.08. The highest BCUT2D eigenvalue weighted by Gasteiger charge is 2.29. The van der Waals surface area contributed by atoms with Gasteiger partial charge in [-0.3, -0.25) is 18.7 Å². The number of halogens is 3. The van der Waals surface area contributed by atoms with Crippen molar-refractivity contribution in [2.75, 3.05) is 31.2 Å². The Morgan fingerprint density at radius 2 is 1.82 bits per heavy atom. The van der Waals surface area contributed by atoms with Crippen LogP contribution in [0.4, 0.5) is 18.9 Å². The summed E-state index contributed by atoms with van der Waals surface area (Å²) in [6.45, 7) is 1.06. The Kier molecular flexibility index (Phi) is 5.67. The molecule has 28 heavy (non-hydrogen) atoms. The molecule has 0 spiro atoms. The van der Waals surface area contributed by atoms with Crippen LogP contribution < -0.4 is 16.0 Å². The molecule has 1 atom stereocenters. The van der Waals surface area contributed by atoms with E-state index >= 15 is 0 Å². The monoisotopic (exact) mass is 423 g/mol. The molecule has 0 radical (unpaired) electrons. The summed E-state index contributed by atoms with van der Waals surface area (Å²) in [5.41, 5.74) is -3.09. The number of aromatic amines is 1. The number of benzene rings is 1. The zero-order valence-corrected chi connectivity index (χ0v) is 15.2. The summed E-state index contributed by atoms with van der Waals surface area (Å²) in [7, 11) is -4.75. The average molecular weight is 423 g/mol. The molecular weight excluding hydrogens is 406 g/mol. The van der Waals surface area contributed by atoms with Crippen LogP contribution in [-0.2, 0) is 15.6 Å². The Hall–Kier alpha value is -2.14. The minimum Gasteiger partial charge on any atom is -0.378 e. The van der Waals surface area contributed by atoms with Crippen LogP contribution in [0.3, 0.4) is 0 Å². The van der Waals surface area contributed by atoms with Gasteiger partial charge in [0.1, 0.15) is 6.29 Å². The van der Waals surface area contributed by atoms with Crippen LogP contribution in [0.2, 0.25) is 0 Å². The lowest BCUT2D eigenvalue weighted by Gasteiger charge is -2.31. The molecule has 2 heterocycles. The molecule has 1 aromatic heterocycles. The van der Waals surface area contributed by atoms with Gasteiger partial charge in [-0.1, -0.05) is 0 Å². The largest absolute Gasteiger partial charge is 0.378 e. The number of fused-ring (bicyclic) bond motifs is 1. The van der Waals surface area contributed by atoms with Crippen molar-refractivity contribution >= 4 is 24.3 Å². The van der Waals surface area contributed by atoms with Crippen molar-refractivity contribution in [1.29, 1.82) is 0 Å². The molecule has 3 rings (SSSR count). The highest BCUT2D eigenvalue weighted by molar-refractivity contribution is 7.50. The Labute approximate surface area is 155 Å². The van der Waals surface area contributed by atoms with E-state index in [1.807, 2.05) is 0 Å². The van der Waals surface area contributed by atoms with Gasteiger partial charge in [0.15, 0.2) is 6.17 Å². The molecule has 0 amide bonds. The SMILES string of the molecule is O=c1[nH]c2cc(C(F)C(F)F)c(N3CCOCC3)cc2n(CP(=O)(O)O)c1=O. The Bertz CT molecular complexity index is 1040. The lowest BCUT2D eigenvalue weighted by Crippen LogP contribution is -2.38. The van der Waals surface area contributed by atoms with Gasteiger partial charge in [-0.15, -0.1) is 0 Å². The first-order valence-electron chi connectivity index (χ1n) is 8.19. The molecule has 9 nitrogen and oxygen atoms in total. The number of hydrogen-bond donors (Lipinski definition) is 3. The number of nitrogens with zero attached hydrogens (tertiary/aromatic N) is 2. The highest BCUT2D eigenvalue weighted by Crippen LogP contribution is 2.39. The van der Waals surface area contributed by atoms with E-state index in [4.69, 9.17) is 4.74 Å². The summed E-state index contributed by atoms with van der Waals surface area (Å²) < 4.78 is 57.5. The first-order valence-corrected chi connectivity index (χ1v) is 9.98. The van der Waals surface area contributed by atoms with E-state index < -0.39 is 43.2 Å². The Balaban J connectivity index is 2.31. The quantitative estimate of drug-likeness (QED) is 0.483. The number of ether oxygens (including phenoxy) is 1. The van der Waals surface area contributed by atoms with E-state index in [1.165, 1.54) is 6.07 Å². The van der Waals surface area contributed by atoms with Gasteiger partial charge in [0, 0.05) is 24.3 Å². The number of morpholine rings is 1. The van der Waals surface area contributed by atoms with Gasteiger partial charge >= 0.3 is 18.7 Å². The van der Waals surface area contributed by atoms with Crippen LogP contribution in [-0.4, -0.2) is 52.1 Å². The fraction of sp³-hybridized carbons (Fsp3) is 0.467. The molecule has 1 aliphatic heterocycles. The summed E-state index contributed by atoms with van der Waals surface area (Å²) in [4.78, 5) is 46.1. The van der Waals surface area contributed by atoms with Gasteiger partial charge in [-0.2, -0.15) is 0 Å². The van der Waals surface area contributed by atoms with Crippen LogP contribution in [0.15, 0.2) is 21.7 Å². The van der Waals surface area contributed by atoms with Crippen LogP contribution in [0.5, 0.6) is 0 Å². The summed E-state index contributed by atoms with van der Waals surface area (Å²) >= 11 is 0. The summed E-state index contributed by atoms with van der Waals surface area (Å²) in [5.74, 6) is 0. The van der Waals surface area contributed by atoms with E-state index in [1.54, 1.807) is 4.90 Å². The summed E-state index contributed by atoms with van der Waals surface area (Å²) in [6.07, 6.45) is -7.07.